The first kappa shape index (κ1) is 12.7. The van der Waals surface area contributed by atoms with Crippen LogP contribution in [-0.4, -0.2) is 24.0 Å². The van der Waals surface area contributed by atoms with E-state index in [4.69, 9.17) is 5.73 Å². The molecule has 1 saturated carbocycles. The van der Waals surface area contributed by atoms with Crippen LogP contribution in [-0.2, 0) is 4.79 Å². The van der Waals surface area contributed by atoms with Crippen LogP contribution in [0.1, 0.15) is 25.0 Å². The molecular weight excluding hydrogens is 228 g/mol. The molecule has 0 unspecified atom stereocenters. The maximum atomic E-state index is 11.4. The van der Waals surface area contributed by atoms with Gasteiger partial charge in [0.25, 0.3) is 0 Å². The van der Waals surface area contributed by atoms with Crippen LogP contribution in [0, 0.1) is 12.8 Å². The first-order valence-corrected chi connectivity index (χ1v) is 6.41. The Morgan fingerprint density at radius 1 is 1.44 bits per heavy atom. The maximum absolute atomic E-state index is 11.4. The van der Waals surface area contributed by atoms with Crippen molar-refractivity contribution in [2.45, 2.75) is 26.2 Å². The lowest BCUT2D eigenvalue weighted by Crippen LogP contribution is -2.27. The molecule has 0 radical (unpaired) electrons. The fraction of sp³-hybridized carbons (Fsp3) is 0.538. The normalized spacial score (nSPS) is 14.3. The predicted molar refractivity (Wildman–Crippen MR) is 72.2 cm³/mol. The number of amides is 1. The van der Waals surface area contributed by atoms with Gasteiger partial charge < -0.3 is 16.4 Å². The van der Waals surface area contributed by atoms with Crippen LogP contribution in [0.15, 0.2) is 12.1 Å². The summed E-state index contributed by atoms with van der Waals surface area (Å²) in [5.74, 6) is 1.21. The lowest BCUT2D eigenvalue weighted by atomic mass is 10.3. The van der Waals surface area contributed by atoms with Gasteiger partial charge in [0.15, 0.2) is 0 Å². The summed E-state index contributed by atoms with van der Waals surface area (Å²) in [6.45, 7) is 3.39. The van der Waals surface area contributed by atoms with Crippen molar-refractivity contribution in [3.8, 4) is 0 Å². The van der Waals surface area contributed by atoms with E-state index in [0.29, 0.717) is 12.2 Å². The summed E-state index contributed by atoms with van der Waals surface area (Å²) in [6, 6.07) is 3.73. The maximum Gasteiger partial charge on any atom is 0.223 e. The molecule has 1 aromatic rings. The number of nitrogens with zero attached hydrogens (tertiary/aromatic N) is 1. The number of nitrogen functional groups attached to an aromatic ring is 1. The van der Waals surface area contributed by atoms with Gasteiger partial charge in [-0.3, -0.25) is 4.79 Å². The molecule has 0 spiro atoms. The van der Waals surface area contributed by atoms with E-state index in [9.17, 15) is 4.79 Å². The zero-order valence-electron chi connectivity index (χ0n) is 10.7. The molecule has 1 fully saturated rings. The van der Waals surface area contributed by atoms with Crippen LogP contribution in [0.5, 0.6) is 0 Å². The fourth-order valence-corrected chi connectivity index (χ4v) is 1.71. The molecule has 1 aliphatic rings. The molecule has 0 saturated heterocycles. The van der Waals surface area contributed by atoms with Gasteiger partial charge in [-0.1, -0.05) is 0 Å². The van der Waals surface area contributed by atoms with Gasteiger partial charge >= 0.3 is 0 Å². The minimum atomic E-state index is 0.197. The molecule has 1 aromatic heterocycles. The molecule has 18 heavy (non-hydrogen) atoms. The quantitative estimate of drug-likeness (QED) is 0.663. The molecule has 1 amide bonds. The van der Waals surface area contributed by atoms with Gasteiger partial charge in [-0.2, -0.15) is 0 Å². The third-order valence-corrected chi connectivity index (χ3v) is 2.96. The number of pyridine rings is 1. The van der Waals surface area contributed by atoms with Crippen molar-refractivity contribution in [3.63, 3.8) is 0 Å². The molecule has 0 aromatic carbocycles. The van der Waals surface area contributed by atoms with Crippen LogP contribution in [0.4, 0.5) is 11.5 Å². The Hall–Kier alpha value is -1.78. The first-order chi connectivity index (χ1) is 8.66. The molecule has 1 heterocycles. The highest BCUT2D eigenvalue weighted by molar-refractivity contribution is 5.80. The lowest BCUT2D eigenvalue weighted by molar-refractivity contribution is -0.122. The molecule has 98 valence electrons. The van der Waals surface area contributed by atoms with E-state index in [-0.39, 0.29) is 11.8 Å². The standard InChI is InChI=1S/C13H20N4O/c1-9-3-6-11(14)12(17-9)15-7-2-8-16-13(18)10-4-5-10/h3,6,10H,2,4-5,7-8,14H2,1H3,(H,15,17)(H,16,18). The number of hydrogen-bond acceptors (Lipinski definition) is 4. The number of carbonyl (C=O) groups is 1. The number of carbonyl (C=O) groups excluding carboxylic acids is 1. The van der Waals surface area contributed by atoms with Gasteiger partial charge in [-0.15, -0.1) is 0 Å². The van der Waals surface area contributed by atoms with Crippen molar-refractivity contribution < 1.29 is 4.79 Å². The summed E-state index contributed by atoms with van der Waals surface area (Å²) in [7, 11) is 0. The van der Waals surface area contributed by atoms with Crippen LogP contribution < -0.4 is 16.4 Å². The van der Waals surface area contributed by atoms with Crippen molar-refractivity contribution in [1.82, 2.24) is 10.3 Å². The van der Waals surface area contributed by atoms with Crippen LogP contribution in [0.3, 0.4) is 0 Å². The number of nitrogens with two attached hydrogens (primary N) is 1. The summed E-state index contributed by atoms with van der Waals surface area (Å²) in [4.78, 5) is 15.7. The molecular formula is C13H20N4O. The fourth-order valence-electron chi connectivity index (χ4n) is 1.71. The van der Waals surface area contributed by atoms with Gasteiger partial charge in [0.1, 0.15) is 5.82 Å². The third kappa shape index (κ3) is 3.61. The summed E-state index contributed by atoms with van der Waals surface area (Å²) in [5.41, 5.74) is 7.40. The summed E-state index contributed by atoms with van der Waals surface area (Å²) < 4.78 is 0. The Balaban J connectivity index is 1.65. The summed E-state index contributed by atoms with van der Waals surface area (Å²) in [5, 5.41) is 6.11. The van der Waals surface area contributed by atoms with Crippen molar-refractivity contribution in [1.29, 1.82) is 0 Å². The zero-order valence-corrected chi connectivity index (χ0v) is 10.7. The van der Waals surface area contributed by atoms with Gasteiger partial charge in [-0.05, 0) is 38.3 Å². The first-order valence-electron chi connectivity index (χ1n) is 6.41. The Morgan fingerprint density at radius 2 is 2.22 bits per heavy atom. The van der Waals surface area contributed by atoms with E-state index in [0.717, 1.165) is 37.3 Å². The molecule has 4 N–H and O–H groups in total. The van der Waals surface area contributed by atoms with Crippen LogP contribution in [0.25, 0.3) is 0 Å². The SMILES string of the molecule is Cc1ccc(N)c(NCCCNC(=O)C2CC2)n1. The largest absolute Gasteiger partial charge is 0.396 e. The Kier molecular flexibility index (Phi) is 4.02. The highest BCUT2D eigenvalue weighted by Crippen LogP contribution is 2.28. The van der Waals surface area contributed by atoms with E-state index in [1.54, 1.807) is 0 Å². The number of hydrogen-bond donors (Lipinski definition) is 3. The van der Waals surface area contributed by atoms with E-state index < -0.39 is 0 Å². The number of aryl methyl sites for hydroxylation is 1. The average Bonchev–Trinajstić information content (AvgIpc) is 3.17. The van der Waals surface area contributed by atoms with E-state index in [2.05, 4.69) is 15.6 Å². The highest BCUT2D eigenvalue weighted by atomic mass is 16.2. The predicted octanol–water partition coefficient (Wildman–Crippen LogP) is 1.30. The van der Waals surface area contributed by atoms with Gasteiger partial charge in [0, 0.05) is 24.7 Å². The van der Waals surface area contributed by atoms with E-state index in [1.165, 1.54) is 0 Å². The molecule has 2 rings (SSSR count). The molecule has 0 aliphatic heterocycles. The van der Waals surface area contributed by atoms with Crippen molar-refractivity contribution in [3.05, 3.63) is 17.8 Å². The minimum Gasteiger partial charge on any atom is -0.396 e. The van der Waals surface area contributed by atoms with Gasteiger partial charge in [0.2, 0.25) is 5.91 Å². The number of rotatable bonds is 6. The Morgan fingerprint density at radius 3 is 2.94 bits per heavy atom. The van der Waals surface area contributed by atoms with Gasteiger partial charge in [-0.25, -0.2) is 4.98 Å². The van der Waals surface area contributed by atoms with Crippen molar-refractivity contribution in [2.24, 2.45) is 5.92 Å². The molecule has 1 aliphatic carbocycles. The van der Waals surface area contributed by atoms with Crippen LogP contribution >= 0.6 is 0 Å². The minimum absolute atomic E-state index is 0.197. The smallest absolute Gasteiger partial charge is 0.223 e. The average molecular weight is 248 g/mol. The second-order valence-electron chi connectivity index (χ2n) is 4.74. The number of anilines is 2. The molecule has 0 bridgehead atoms. The molecule has 0 atom stereocenters. The topological polar surface area (TPSA) is 80.0 Å². The second kappa shape index (κ2) is 5.71. The highest BCUT2D eigenvalue weighted by Gasteiger charge is 2.28. The number of nitrogens with one attached hydrogen (secondary N) is 2. The molecule has 5 heteroatoms. The summed E-state index contributed by atoms with van der Waals surface area (Å²) in [6.07, 6.45) is 2.97. The van der Waals surface area contributed by atoms with E-state index in [1.807, 2.05) is 19.1 Å². The lowest BCUT2D eigenvalue weighted by Gasteiger charge is -2.09. The zero-order chi connectivity index (χ0) is 13.0. The van der Waals surface area contributed by atoms with Crippen molar-refractivity contribution >= 4 is 17.4 Å². The Bertz CT molecular complexity index is 429. The van der Waals surface area contributed by atoms with Crippen LogP contribution in [0.2, 0.25) is 0 Å². The summed E-state index contributed by atoms with van der Waals surface area (Å²) >= 11 is 0. The molecule has 5 nitrogen and oxygen atoms in total. The third-order valence-electron chi connectivity index (χ3n) is 2.96. The van der Waals surface area contributed by atoms with E-state index >= 15 is 0 Å². The Labute approximate surface area is 107 Å². The second-order valence-corrected chi connectivity index (χ2v) is 4.74. The number of aromatic nitrogens is 1. The monoisotopic (exact) mass is 248 g/mol. The van der Waals surface area contributed by atoms with Crippen molar-refractivity contribution in [2.75, 3.05) is 24.1 Å². The van der Waals surface area contributed by atoms with Gasteiger partial charge in [0.05, 0.1) is 5.69 Å².